The molecule has 1 saturated heterocycles. The second-order valence-electron chi connectivity index (χ2n) is 4.63. The first-order valence-corrected chi connectivity index (χ1v) is 8.78. The molecule has 0 aromatic carbocycles. The molecule has 6 heteroatoms. The fourth-order valence-corrected chi connectivity index (χ4v) is 4.63. The highest BCUT2D eigenvalue weighted by atomic mass is 32.2. The first-order valence-electron chi connectivity index (χ1n) is 6.29. The Kier molecular flexibility index (Phi) is 4.77. The van der Waals surface area contributed by atoms with Crippen molar-refractivity contribution in [1.29, 1.82) is 0 Å². The van der Waals surface area contributed by atoms with Crippen molar-refractivity contribution in [3.8, 4) is 0 Å². The van der Waals surface area contributed by atoms with E-state index in [2.05, 4.69) is 5.32 Å². The highest BCUT2D eigenvalue weighted by Crippen LogP contribution is 2.16. The third-order valence-electron chi connectivity index (χ3n) is 3.37. The van der Waals surface area contributed by atoms with Crippen LogP contribution in [0, 0.1) is 0 Å². The van der Waals surface area contributed by atoms with Crippen molar-refractivity contribution >= 4 is 21.4 Å². The fraction of sp³-hybridized carbons (Fsp3) is 0.667. The van der Waals surface area contributed by atoms with Crippen LogP contribution in [-0.4, -0.2) is 44.7 Å². The lowest BCUT2D eigenvalue weighted by Crippen LogP contribution is -2.47. The monoisotopic (exact) mass is 288 g/mol. The molecule has 1 aromatic heterocycles. The van der Waals surface area contributed by atoms with Gasteiger partial charge in [-0.1, -0.05) is 6.07 Å². The number of likely N-dealkylation sites (N-methyl/N-ethyl adjacent to an activating group) is 1. The summed E-state index contributed by atoms with van der Waals surface area (Å²) in [5.41, 5.74) is 0. The van der Waals surface area contributed by atoms with Gasteiger partial charge in [0.15, 0.2) is 0 Å². The molecule has 0 aliphatic carbocycles. The van der Waals surface area contributed by atoms with Gasteiger partial charge < -0.3 is 5.32 Å². The van der Waals surface area contributed by atoms with E-state index in [1.807, 2.05) is 24.6 Å². The van der Waals surface area contributed by atoms with E-state index in [0.29, 0.717) is 25.6 Å². The largest absolute Gasteiger partial charge is 0.316 e. The molecule has 4 nitrogen and oxygen atoms in total. The van der Waals surface area contributed by atoms with Crippen molar-refractivity contribution in [2.75, 3.05) is 25.9 Å². The Balaban J connectivity index is 1.93. The molecule has 1 N–H and O–H groups in total. The van der Waals surface area contributed by atoms with Crippen LogP contribution in [0.5, 0.6) is 0 Å². The zero-order chi connectivity index (χ0) is 13.0. The predicted molar refractivity (Wildman–Crippen MR) is 75.5 cm³/mol. The molecular weight excluding hydrogens is 268 g/mol. The van der Waals surface area contributed by atoms with E-state index in [-0.39, 0.29) is 5.75 Å². The first-order chi connectivity index (χ1) is 8.62. The topological polar surface area (TPSA) is 49.4 Å². The van der Waals surface area contributed by atoms with Crippen molar-refractivity contribution in [3.63, 3.8) is 0 Å². The molecule has 0 bridgehead atoms. The third-order valence-corrected chi connectivity index (χ3v) is 6.15. The van der Waals surface area contributed by atoms with Gasteiger partial charge in [0.25, 0.3) is 0 Å². The van der Waals surface area contributed by atoms with E-state index in [9.17, 15) is 8.42 Å². The lowest BCUT2D eigenvalue weighted by Gasteiger charge is -2.31. The van der Waals surface area contributed by atoms with E-state index in [1.165, 1.54) is 0 Å². The number of hydrogen-bond acceptors (Lipinski definition) is 4. The average molecular weight is 288 g/mol. The molecule has 0 amide bonds. The van der Waals surface area contributed by atoms with Crippen LogP contribution in [-0.2, 0) is 16.4 Å². The van der Waals surface area contributed by atoms with Gasteiger partial charge in [0.1, 0.15) is 0 Å². The smallest absolute Gasteiger partial charge is 0.214 e. The minimum absolute atomic E-state index is 0.226. The van der Waals surface area contributed by atoms with Crippen LogP contribution in [0.25, 0.3) is 0 Å². The summed E-state index contributed by atoms with van der Waals surface area (Å²) in [7, 11) is -1.21. The van der Waals surface area contributed by atoms with E-state index >= 15 is 0 Å². The van der Waals surface area contributed by atoms with E-state index in [4.69, 9.17) is 0 Å². The number of rotatable bonds is 5. The van der Waals surface area contributed by atoms with Gasteiger partial charge in [0, 0.05) is 24.0 Å². The predicted octanol–water partition coefficient (Wildman–Crippen LogP) is 1.30. The number of nitrogens with one attached hydrogen (secondary N) is 1. The maximum atomic E-state index is 12.2. The average Bonchev–Trinajstić information content (AvgIpc) is 2.90. The number of sulfonamides is 1. The summed E-state index contributed by atoms with van der Waals surface area (Å²) in [4.78, 5) is 1.14. The molecular formula is C12H20N2O2S2. The van der Waals surface area contributed by atoms with Crippen LogP contribution in [0.1, 0.15) is 17.7 Å². The normalized spacial score (nSPS) is 22.2. The molecule has 1 aliphatic rings. The minimum Gasteiger partial charge on any atom is -0.316 e. The number of thiophene rings is 1. The van der Waals surface area contributed by atoms with Gasteiger partial charge >= 0.3 is 0 Å². The SMILES string of the molecule is CNC1CCCN(S(=O)(=O)CCc2cccs2)C1. The molecule has 0 spiro atoms. The standard InChI is InChI=1S/C12H20N2O2S2/c1-13-11-4-2-7-14(10-11)18(15,16)9-6-12-5-3-8-17-12/h3,5,8,11,13H,2,4,6-7,9-10H2,1H3. The van der Waals surface area contributed by atoms with Crippen LogP contribution < -0.4 is 5.32 Å². The molecule has 1 unspecified atom stereocenters. The quantitative estimate of drug-likeness (QED) is 0.888. The van der Waals surface area contributed by atoms with Crippen molar-refractivity contribution in [3.05, 3.63) is 22.4 Å². The molecule has 18 heavy (non-hydrogen) atoms. The maximum Gasteiger partial charge on any atom is 0.214 e. The van der Waals surface area contributed by atoms with E-state index < -0.39 is 10.0 Å². The summed E-state index contributed by atoms with van der Waals surface area (Å²) in [6, 6.07) is 4.26. The number of hydrogen-bond donors (Lipinski definition) is 1. The zero-order valence-electron chi connectivity index (χ0n) is 10.6. The number of piperidine rings is 1. The second kappa shape index (κ2) is 6.14. The first kappa shape index (κ1) is 14.0. The summed E-state index contributed by atoms with van der Waals surface area (Å²) < 4.78 is 26.1. The van der Waals surface area contributed by atoms with Gasteiger partial charge in [-0.2, -0.15) is 0 Å². The van der Waals surface area contributed by atoms with Crippen molar-refractivity contribution < 1.29 is 8.42 Å². The molecule has 0 saturated carbocycles. The molecule has 1 atom stereocenters. The molecule has 0 radical (unpaired) electrons. The van der Waals surface area contributed by atoms with Crippen molar-refractivity contribution in [2.45, 2.75) is 25.3 Å². The van der Waals surface area contributed by atoms with Gasteiger partial charge in [-0.15, -0.1) is 11.3 Å². The molecule has 2 rings (SSSR count). The second-order valence-corrected chi connectivity index (χ2v) is 7.75. The Morgan fingerprint density at radius 2 is 2.39 bits per heavy atom. The van der Waals surface area contributed by atoms with Crippen molar-refractivity contribution in [1.82, 2.24) is 9.62 Å². The van der Waals surface area contributed by atoms with Crippen LogP contribution in [0.2, 0.25) is 0 Å². The maximum absolute atomic E-state index is 12.2. The van der Waals surface area contributed by atoms with Crippen LogP contribution >= 0.6 is 11.3 Å². The summed E-state index contributed by atoms with van der Waals surface area (Å²) in [6.45, 7) is 1.29. The van der Waals surface area contributed by atoms with Crippen molar-refractivity contribution in [2.24, 2.45) is 0 Å². The van der Waals surface area contributed by atoms with Crippen LogP contribution in [0.3, 0.4) is 0 Å². The van der Waals surface area contributed by atoms with Gasteiger partial charge in [-0.25, -0.2) is 12.7 Å². The van der Waals surface area contributed by atoms with Gasteiger partial charge in [-0.3, -0.25) is 0 Å². The Hall–Kier alpha value is -0.430. The molecule has 1 aromatic rings. The Bertz CT molecular complexity index is 456. The lowest BCUT2D eigenvalue weighted by atomic mass is 10.1. The molecule has 1 aliphatic heterocycles. The summed E-state index contributed by atoms with van der Waals surface area (Å²) in [5, 5.41) is 5.16. The lowest BCUT2D eigenvalue weighted by molar-refractivity contribution is 0.293. The van der Waals surface area contributed by atoms with Crippen LogP contribution in [0.15, 0.2) is 17.5 Å². The molecule has 1 fully saturated rings. The van der Waals surface area contributed by atoms with Gasteiger partial charge in [0.2, 0.25) is 10.0 Å². The Morgan fingerprint density at radius 1 is 1.56 bits per heavy atom. The third kappa shape index (κ3) is 3.54. The number of aryl methyl sites for hydroxylation is 1. The van der Waals surface area contributed by atoms with Gasteiger partial charge in [0.05, 0.1) is 5.75 Å². The van der Waals surface area contributed by atoms with Crippen LogP contribution in [0.4, 0.5) is 0 Å². The number of nitrogens with zero attached hydrogens (tertiary/aromatic N) is 1. The Morgan fingerprint density at radius 3 is 3.06 bits per heavy atom. The summed E-state index contributed by atoms with van der Waals surface area (Å²) >= 11 is 1.62. The summed E-state index contributed by atoms with van der Waals surface area (Å²) in [5.74, 6) is 0.226. The highest BCUT2D eigenvalue weighted by molar-refractivity contribution is 7.89. The summed E-state index contributed by atoms with van der Waals surface area (Å²) in [6.07, 6.45) is 2.64. The zero-order valence-corrected chi connectivity index (χ0v) is 12.3. The highest BCUT2D eigenvalue weighted by Gasteiger charge is 2.27. The van der Waals surface area contributed by atoms with E-state index in [1.54, 1.807) is 15.6 Å². The van der Waals surface area contributed by atoms with E-state index in [0.717, 1.165) is 17.7 Å². The Labute approximate surface area is 113 Å². The fourth-order valence-electron chi connectivity index (χ4n) is 2.24. The molecule has 2 heterocycles. The van der Waals surface area contributed by atoms with Gasteiger partial charge in [-0.05, 0) is 37.8 Å². The minimum atomic E-state index is -3.10. The molecule has 102 valence electrons.